The van der Waals surface area contributed by atoms with E-state index >= 15 is 0 Å². The predicted octanol–water partition coefficient (Wildman–Crippen LogP) is 3.42. The molecule has 7 heteroatoms. The second kappa shape index (κ2) is 7.66. The Bertz CT molecular complexity index is 1010. The lowest BCUT2D eigenvalue weighted by Gasteiger charge is -2.28. The van der Waals surface area contributed by atoms with Crippen LogP contribution in [0.1, 0.15) is 33.5 Å². The third kappa shape index (κ3) is 3.65. The highest BCUT2D eigenvalue weighted by Crippen LogP contribution is 2.36. The molecule has 1 aliphatic rings. The summed E-state index contributed by atoms with van der Waals surface area (Å²) in [6, 6.07) is 16.3. The van der Waals surface area contributed by atoms with Gasteiger partial charge in [-0.1, -0.05) is 30.3 Å². The van der Waals surface area contributed by atoms with Gasteiger partial charge in [0.25, 0.3) is 0 Å². The van der Waals surface area contributed by atoms with E-state index in [4.69, 9.17) is 14.2 Å². The minimum absolute atomic E-state index is 0.154. The van der Waals surface area contributed by atoms with Crippen molar-refractivity contribution in [2.24, 2.45) is 0 Å². The van der Waals surface area contributed by atoms with Crippen molar-refractivity contribution in [1.82, 2.24) is 0 Å². The molecule has 2 aromatic carbocycles. The largest absolute Gasteiger partial charge is 0.618 e. The van der Waals surface area contributed by atoms with E-state index < -0.39 is 18.1 Å². The van der Waals surface area contributed by atoms with Crippen molar-refractivity contribution in [1.29, 1.82) is 0 Å². The highest BCUT2D eigenvalue weighted by Gasteiger charge is 2.26. The maximum absolute atomic E-state index is 14.0. The molecule has 1 aliphatic heterocycles. The van der Waals surface area contributed by atoms with Gasteiger partial charge >= 0.3 is 11.7 Å². The summed E-state index contributed by atoms with van der Waals surface area (Å²) in [6.07, 6.45) is 0.553. The molecule has 4 rings (SSSR count). The molecule has 0 radical (unpaired) electrons. The zero-order valence-electron chi connectivity index (χ0n) is 14.7. The fourth-order valence-electron chi connectivity index (χ4n) is 2.96. The highest BCUT2D eigenvalue weighted by molar-refractivity contribution is 5.85. The van der Waals surface area contributed by atoms with E-state index in [1.807, 2.05) is 30.3 Å². The van der Waals surface area contributed by atoms with Crippen molar-refractivity contribution in [3.05, 3.63) is 100 Å². The molecule has 1 aromatic heterocycles. The van der Waals surface area contributed by atoms with Crippen LogP contribution in [0.2, 0.25) is 0 Å². The van der Waals surface area contributed by atoms with Crippen LogP contribution in [0.3, 0.4) is 0 Å². The normalized spacial score (nSPS) is 15.4. The number of carbonyl (C=O) groups excluding carboxylic acids is 1. The standard InChI is InChI=1S/C21H16FNO5/c22-17-10-15(12-26-20(24)18-8-4-5-9-23(18)25)19-16(11-17)13-27-21(28-19)14-6-2-1-3-7-14/h1-11,21H,12-13H2/t21-/m0/s1. The van der Waals surface area contributed by atoms with Crippen molar-refractivity contribution in [3.8, 4) is 5.75 Å². The van der Waals surface area contributed by atoms with E-state index in [9.17, 15) is 14.4 Å². The number of ether oxygens (including phenoxy) is 3. The number of hydrogen-bond acceptors (Lipinski definition) is 5. The number of pyridine rings is 1. The molecule has 142 valence electrons. The minimum atomic E-state index is -0.805. The summed E-state index contributed by atoms with van der Waals surface area (Å²) in [5.41, 5.74) is 1.55. The van der Waals surface area contributed by atoms with Gasteiger partial charge in [-0.15, -0.1) is 0 Å². The number of aromatic nitrogens is 1. The van der Waals surface area contributed by atoms with Crippen LogP contribution in [-0.4, -0.2) is 5.97 Å². The third-order valence-electron chi connectivity index (χ3n) is 4.29. The van der Waals surface area contributed by atoms with Crippen molar-refractivity contribution in [2.75, 3.05) is 0 Å². The van der Waals surface area contributed by atoms with E-state index in [1.54, 1.807) is 6.07 Å². The van der Waals surface area contributed by atoms with Crippen molar-refractivity contribution in [2.45, 2.75) is 19.5 Å². The first-order valence-electron chi connectivity index (χ1n) is 8.61. The first kappa shape index (κ1) is 17.9. The Kier molecular flexibility index (Phi) is 4.90. The van der Waals surface area contributed by atoms with Gasteiger partial charge in [-0.25, -0.2) is 9.18 Å². The van der Waals surface area contributed by atoms with Crippen molar-refractivity contribution >= 4 is 5.97 Å². The molecule has 0 N–H and O–H groups in total. The van der Waals surface area contributed by atoms with Gasteiger partial charge in [0.2, 0.25) is 6.29 Å². The van der Waals surface area contributed by atoms with Gasteiger partial charge in [-0.2, -0.15) is 4.73 Å². The first-order chi connectivity index (χ1) is 13.6. The number of esters is 1. The topological polar surface area (TPSA) is 71.7 Å². The fraction of sp³-hybridized carbons (Fsp3) is 0.143. The summed E-state index contributed by atoms with van der Waals surface area (Å²) < 4.78 is 31.2. The lowest BCUT2D eigenvalue weighted by molar-refractivity contribution is -0.608. The van der Waals surface area contributed by atoms with Crippen LogP contribution in [0.4, 0.5) is 4.39 Å². The number of hydrogen-bond donors (Lipinski definition) is 0. The van der Waals surface area contributed by atoms with Crippen molar-refractivity contribution < 1.29 is 28.1 Å². The minimum Gasteiger partial charge on any atom is -0.618 e. The average Bonchev–Trinajstić information content (AvgIpc) is 2.72. The predicted molar refractivity (Wildman–Crippen MR) is 95.5 cm³/mol. The summed E-state index contributed by atoms with van der Waals surface area (Å²) in [6.45, 7) is -0.0812. The summed E-state index contributed by atoms with van der Waals surface area (Å²) in [5, 5.41) is 11.7. The molecular weight excluding hydrogens is 365 g/mol. The molecule has 0 unspecified atom stereocenters. The van der Waals surface area contributed by atoms with E-state index in [-0.39, 0.29) is 18.9 Å². The quantitative estimate of drug-likeness (QED) is 0.393. The molecule has 1 atom stereocenters. The maximum Gasteiger partial charge on any atom is 0.405 e. The lowest BCUT2D eigenvalue weighted by atomic mass is 10.1. The van der Waals surface area contributed by atoms with E-state index in [2.05, 4.69) is 0 Å². The summed E-state index contributed by atoms with van der Waals surface area (Å²) in [5.74, 6) is -0.883. The lowest BCUT2D eigenvalue weighted by Crippen LogP contribution is -2.34. The highest BCUT2D eigenvalue weighted by atomic mass is 19.1. The Morgan fingerprint density at radius 3 is 2.75 bits per heavy atom. The van der Waals surface area contributed by atoms with Crippen molar-refractivity contribution in [3.63, 3.8) is 0 Å². The number of fused-ring (bicyclic) bond motifs is 1. The summed E-state index contributed by atoms with van der Waals surface area (Å²) >= 11 is 0. The molecule has 0 aliphatic carbocycles. The van der Waals surface area contributed by atoms with Gasteiger partial charge in [0.05, 0.1) is 6.61 Å². The average molecular weight is 381 g/mol. The van der Waals surface area contributed by atoms with E-state index in [1.165, 1.54) is 30.5 Å². The summed E-state index contributed by atoms with van der Waals surface area (Å²) in [7, 11) is 0. The third-order valence-corrected chi connectivity index (χ3v) is 4.29. The Hall–Kier alpha value is -3.45. The van der Waals surface area contributed by atoms with Crippen LogP contribution in [0.25, 0.3) is 0 Å². The molecule has 0 amide bonds. The molecule has 3 aromatic rings. The molecule has 0 saturated heterocycles. The molecule has 2 heterocycles. The van der Waals surface area contributed by atoms with Gasteiger partial charge in [-0.05, 0) is 18.2 Å². The Labute approximate surface area is 160 Å². The second-order valence-electron chi connectivity index (χ2n) is 6.21. The zero-order chi connectivity index (χ0) is 19.5. The first-order valence-corrected chi connectivity index (χ1v) is 8.61. The molecule has 6 nitrogen and oxygen atoms in total. The second-order valence-corrected chi connectivity index (χ2v) is 6.21. The Morgan fingerprint density at radius 2 is 1.96 bits per heavy atom. The van der Waals surface area contributed by atoms with E-state index in [0.29, 0.717) is 21.6 Å². The monoisotopic (exact) mass is 381 g/mol. The van der Waals surface area contributed by atoms with Gasteiger partial charge in [-0.3, -0.25) is 0 Å². The fourth-order valence-corrected chi connectivity index (χ4v) is 2.96. The number of carbonyl (C=O) groups is 1. The van der Waals surface area contributed by atoms with Crippen LogP contribution in [-0.2, 0) is 22.7 Å². The molecule has 0 bridgehead atoms. The Balaban J connectivity index is 1.56. The van der Waals surface area contributed by atoms with Crippen LogP contribution in [0.15, 0.2) is 66.9 Å². The van der Waals surface area contributed by atoms with Gasteiger partial charge in [0.1, 0.15) is 18.2 Å². The number of rotatable bonds is 4. The molecular formula is C21H16FNO5. The molecule has 28 heavy (non-hydrogen) atoms. The van der Waals surface area contributed by atoms with E-state index in [0.717, 1.165) is 5.56 Å². The number of benzene rings is 2. The Morgan fingerprint density at radius 1 is 1.18 bits per heavy atom. The SMILES string of the molecule is O=C(OCc1cc(F)cc2c1O[C@@H](c1ccccc1)OC2)c1cccc[n+]1[O-]. The maximum atomic E-state index is 14.0. The van der Waals surface area contributed by atoms with Gasteiger partial charge in [0, 0.05) is 28.8 Å². The number of nitrogens with zero attached hydrogens (tertiary/aromatic N) is 1. The smallest absolute Gasteiger partial charge is 0.405 e. The zero-order valence-corrected chi connectivity index (χ0v) is 14.7. The molecule has 0 saturated carbocycles. The van der Waals surface area contributed by atoms with Crippen LogP contribution in [0, 0.1) is 11.0 Å². The van der Waals surface area contributed by atoms with Crippen LogP contribution < -0.4 is 9.47 Å². The van der Waals surface area contributed by atoms with Gasteiger partial charge < -0.3 is 19.4 Å². The van der Waals surface area contributed by atoms with Crippen LogP contribution >= 0.6 is 0 Å². The van der Waals surface area contributed by atoms with Gasteiger partial charge in [0.15, 0.2) is 6.20 Å². The number of halogens is 1. The summed E-state index contributed by atoms with van der Waals surface area (Å²) in [4.78, 5) is 12.2. The molecule has 0 fully saturated rings. The molecule has 0 spiro atoms. The van der Waals surface area contributed by atoms with Crippen LogP contribution in [0.5, 0.6) is 5.75 Å².